The van der Waals surface area contributed by atoms with Crippen LogP contribution in [-0.4, -0.2) is 64.4 Å². The van der Waals surface area contributed by atoms with Crippen LogP contribution < -0.4 is 15.4 Å². The first-order chi connectivity index (χ1) is 14.2. The van der Waals surface area contributed by atoms with Gasteiger partial charge in [0, 0.05) is 45.8 Å². The van der Waals surface area contributed by atoms with Crippen LogP contribution in [0.5, 0.6) is 5.75 Å². The highest BCUT2D eigenvalue weighted by molar-refractivity contribution is 14.0. The highest BCUT2D eigenvalue weighted by Gasteiger charge is 2.17. The van der Waals surface area contributed by atoms with E-state index < -0.39 is 0 Å². The molecule has 0 saturated carbocycles. The number of aryl methyl sites for hydroxylation is 1. The number of nitrogens with zero attached hydrogens (tertiary/aromatic N) is 2. The second kappa shape index (κ2) is 15.7. The number of aliphatic imine (C=N–C) groups is 1. The number of hydrogen-bond donors (Lipinski definition) is 2. The van der Waals surface area contributed by atoms with E-state index in [-0.39, 0.29) is 24.0 Å². The Kier molecular flexibility index (Phi) is 14.1. The number of nitrogens with one attached hydrogen (secondary N) is 2. The second-order valence-electron chi connectivity index (χ2n) is 7.82. The molecule has 0 atom stereocenters. The van der Waals surface area contributed by atoms with Gasteiger partial charge in [0.2, 0.25) is 0 Å². The Balaban J connectivity index is 0.00000450. The van der Waals surface area contributed by atoms with Gasteiger partial charge in [-0.1, -0.05) is 19.1 Å². The maximum Gasteiger partial charge on any atom is 0.191 e. The summed E-state index contributed by atoms with van der Waals surface area (Å²) in [5.41, 5.74) is 2.34. The number of ether oxygens (including phenoxy) is 2. The Bertz CT molecular complexity index is 619. The monoisotopic (exact) mass is 532 g/mol. The van der Waals surface area contributed by atoms with Gasteiger partial charge in [-0.05, 0) is 63.4 Å². The maximum absolute atomic E-state index is 5.98. The van der Waals surface area contributed by atoms with E-state index in [9.17, 15) is 0 Å². The molecule has 172 valence electrons. The van der Waals surface area contributed by atoms with Crippen LogP contribution in [0.4, 0.5) is 0 Å². The van der Waals surface area contributed by atoms with Crippen LogP contribution in [-0.2, 0) is 11.3 Å². The first-order valence-electron chi connectivity index (χ1n) is 11.0. The molecule has 1 fully saturated rings. The molecule has 0 aromatic heterocycles. The van der Waals surface area contributed by atoms with Crippen molar-refractivity contribution in [1.82, 2.24) is 15.5 Å². The van der Waals surface area contributed by atoms with Crippen LogP contribution in [0, 0.1) is 12.8 Å². The average molecular weight is 533 g/mol. The summed E-state index contributed by atoms with van der Waals surface area (Å²) < 4.78 is 11.1. The van der Waals surface area contributed by atoms with Crippen LogP contribution in [0.3, 0.4) is 0 Å². The Morgan fingerprint density at radius 2 is 1.97 bits per heavy atom. The van der Waals surface area contributed by atoms with Gasteiger partial charge in [-0.25, -0.2) is 0 Å². The minimum absolute atomic E-state index is 0. The zero-order chi connectivity index (χ0) is 20.9. The number of likely N-dealkylation sites (tertiary alicyclic amines) is 1. The molecule has 2 rings (SSSR count). The van der Waals surface area contributed by atoms with Crippen LogP contribution >= 0.6 is 24.0 Å². The number of halogens is 1. The lowest BCUT2D eigenvalue weighted by Gasteiger charge is -2.31. The van der Waals surface area contributed by atoms with Crippen LogP contribution in [0.15, 0.2) is 23.2 Å². The average Bonchev–Trinajstić information content (AvgIpc) is 2.75. The molecule has 0 unspecified atom stereocenters. The van der Waals surface area contributed by atoms with Crippen molar-refractivity contribution >= 4 is 29.9 Å². The predicted octanol–water partition coefficient (Wildman–Crippen LogP) is 3.82. The number of hydrogen-bond acceptors (Lipinski definition) is 4. The lowest BCUT2D eigenvalue weighted by molar-refractivity contribution is 0.171. The third-order valence-electron chi connectivity index (χ3n) is 5.64. The summed E-state index contributed by atoms with van der Waals surface area (Å²) in [6, 6.07) is 6.35. The van der Waals surface area contributed by atoms with E-state index in [1.165, 1.54) is 44.5 Å². The highest BCUT2D eigenvalue weighted by atomic mass is 127. The summed E-state index contributed by atoms with van der Waals surface area (Å²) in [4.78, 5) is 6.92. The second-order valence-corrected chi connectivity index (χ2v) is 7.82. The third-order valence-corrected chi connectivity index (χ3v) is 5.64. The van der Waals surface area contributed by atoms with Gasteiger partial charge in [0.1, 0.15) is 5.75 Å². The number of piperidine rings is 1. The standard InChI is InChI=1S/C23H40N4O2.HI/c1-5-27-13-10-20(11-14-27)9-12-25-23(24-3)26-18-21-8-7-19(2)17-22(21)29-16-6-15-28-4;/h7-8,17,20H,5-6,9-16,18H2,1-4H3,(H2,24,25,26);1H. The maximum atomic E-state index is 5.98. The van der Waals surface area contributed by atoms with E-state index in [2.05, 4.69) is 52.6 Å². The Morgan fingerprint density at radius 3 is 2.63 bits per heavy atom. The summed E-state index contributed by atoms with van der Waals surface area (Å²) in [5.74, 6) is 2.61. The quantitative estimate of drug-likeness (QED) is 0.197. The Hall–Kier alpha value is -1.06. The first kappa shape index (κ1) is 27.0. The summed E-state index contributed by atoms with van der Waals surface area (Å²) in [6.45, 7) is 11.0. The third kappa shape index (κ3) is 9.83. The van der Waals surface area contributed by atoms with Crippen molar-refractivity contribution in [3.63, 3.8) is 0 Å². The fraction of sp³-hybridized carbons (Fsp3) is 0.696. The molecule has 0 bridgehead atoms. The topological polar surface area (TPSA) is 58.1 Å². The molecule has 30 heavy (non-hydrogen) atoms. The molecule has 1 aliphatic rings. The predicted molar refractivity (Wildman–Crippen MR) is 136 cm³/mol. The van der Waals surface area contributed by atoms with Gasteiger partial charge >= 0.3 is 0 Å². The van der Waals surface area contributed by atoms with Crippen molar-refractivity contribution < 1.29 is 9.47 Å². The lowest BCUT2D eigenvalue weighted by Crippen LogP contribution is -2.39. The van der Waals surface area contributed by atoms with E-state index in [1.54, 1.807) is 7.11 Å². The normalized spacial score (nSPS) is 15.5. The molecule has 1 saturated heterocycles. The molecule has 0 aliphatic carbocycles. The van der Waals surface area contributed by atoms with Gasteiger partial charge in [-0.2, -0.15) is 0 Å². The minimum Gasteiger partial charge on any atom is -0.493 e. The molecule has 0 radical (unpaired) electrons. The van der Waals surface area contributed by atoms with Crippen LogP contribution in [0.25, 0.3) is 0 Å². The molecule has 6 nitrogen and oxygen atoms in total. The number of methoxy groups -OCH3 is 1. The Morgan fingerprint density at radius 1 is 1.20 bits per heavy atom. The minimum atomic E-state index is 0. The molecule has 1 heterocycles. The van der Waals surface area contributed by atoms with Crippen molar-refractivity contribution in [2.45, 2.75) is 46.1 Å². The fourth-order valence-electron chi connectivity index (χ4n) is 3.71. The molecule has 1 aromatic rings. The van der Waals surface area contributed by atoms with Gasteiger partial charge in [0.05, 0.1) is 6.61 Å². The Labute approximate surface area is 200 Å². The van der Waals surface area contributed by atoms with Gasteiger partial charge < -0.3 is 25.0 Å². The number of rotatable bonds is 11. The van der Waals surface area contributed by atoms with E-state index >= 15 is 0 Å². The van der Waals surface area contributed by atoms with Crippen LogP contribution in [0.2, 0.25) is 0 Å². The van der Waals surface area contributed by atoms with Gasteiger partial charge in [-0.3, -0.25) is 4.99 Å². The highest BCUT2D eigenvalue weighted by Crippen LogP contribution is 2.21. The summed E-state index contributed by atoms with van der Waals surface area (Å²) in [5, 5.41) is 6.90. The number of guanidine groups is 1. The zero-order valence-electron chi connectivity index (χ0n) is 19.2. The lowest BCUT2D eigenvalue weighted by atomic mass is 9.93. The summed E-state index contributed by atoms with van der Waals surface area (Å²) in [7, 11) is 3.54. The van der Waals surface area contributed by atoms with Crippen molar-refractivity contribution in [1.29, 1.82) is 0 Å². The van der Waals surface area contributed by atoms with Gasteiger partial charge in [-0.15, -0.1) is 24.0 Å². The summed E-state index contributed by atoms with van der Waals surface area (Å²) in [6.07, 6.45) is 4.72. The molecule has 0 spiro atoms. The smallest absolute Gasteiger partial charge is 0.191 e. The largest absolute Gasteiger partial charge is 0.493 e. The van der Waals surface area contributed by atoms with Gasteiger partial charge in [0.25, 0.3) is 0 Å². The number of benzene rings is 1. The molecule has 7 heteroatoms. The zero-order valence-corrected chi connectivity index (χ0v) is 21.5. The van der Waals surface area contributed by atoms with Crippen LogP contribution in [0.1, 0.15) is 43.7 Å². The van der Waals surface area contributed by atoms with Gasteiger partial charge in [0.15, 0.2) is 5.96 Å². The molecule has 1 aromatic carbocycles. The molecular weight excluding hydrogens is 491 g/mol. The first-order valence-corrected chi connectivity index (χ1v) is 11.0. The summed E-state index contributed by atoms with van der Waals surface area (Å²) >= 11 is 0. The van der Waals surface area contributed by atoms with Crippen molar-refractivity contribution in [3.05, 3.63) is 29.3 Å². The van der Waals surface area contributed by atoms with E-state index in [0.29, 0.717) is 19.8 Å². The van der Waals surface area contributed by atoms with E-state index in [4.69, 9.17) is 9.47 Å². The fourth-order valence-corrected chi connectivity index (χ4v) is 3.71. The van der Waals surface area contributed by atoms with Crippen molar-refractivity contribution in [2.24, 2.45) is 10.9 Å². The van der Waals surface area contributed by atoms with Crippen molar-refractivity contribution in [3.8, 4) is 5.75 Å². The molecule has 0 amide bonds. The molecule has 2 N–H and O–H groups in total. The SMILES string of the molecule is CCN1CCC(CCNC(=NC)NCc2ccc(C)cc2OCCCOC)CC1.I. The van der Waals surface area contributed by atoms with Crippen molar-refractivity contribution in [2.75, 3.05) is 53.6 Å². The van der Waals surface area contributed by atoms with E-state index in [1.807, 2.05) is 7.05 Å². The molecular formula is C23H41IN4O2. The molecule has 1 aliphatic heterocycles. The van der Waals surface area contributed by atoms with E-state index in [0.717, 1.165) is 36.2 Å².